The monoisotopic (exact) mass is 351 g/mol. The van der Waals surface area contributed by atoms with Gasteiger partial charge >= 0.3 is 5.97 Å². The van der Waals surface area contributed by atoms with Gasteiger partial charge in [0.1, 0.15) is 11.4 Å². The first-order valence-electron chi connectivity index (χ1n) is 7.28. The first-order valence-corrected chi connectivity index (χ1v) is 9.25. The molecule has 1 saturated heterocycles. The Kier molecular flexibility index (Phi) is 5.55. The molecule has 22 heavy (non-hydrogen) atoms. The fourth-order valence-electron chi connectivity index (χ4n) is 2.74. The molecular weight excluding hydrogens is 330 g/mol. The number of alkyl halides is 2. The molecule has 0 atom stereocenters. The normalized spacial score (nSPS) is 20.7. The van der Waals surface area contributed by atoms with Crippen LogP contribution in [-0.4, -0.2) is 46.3 Å². The van der Waals surface area contributed by atoms with Crippen LogP contribution in [0, 0.1) is 5.41 Å². The molecule has 2 aliphatic rings. The van der Waals surface area contributed by atoms with Gasteiger partial charge in [-0.2, -0.15) is 8.78 Å². The number of hydrogen-bond acceptors (Lipinski definition) is 5. The molecule has 1 aliphatic carbocycles. The number of halogens is 2. The predicted molar refractivity (Wildman–Crippen MR) is 85.7 cm³/mol. The maximum Gasteiger partial charge on any atom is 0.362 e. The third kappa shape index (κ3) is 3.65. The van der Waals surface area contributed by atoms with E-state index in [0.717, 1.165) is 24.9 Å². The average molecular weight is 351 g/mol. The molecule has 1 spiro atoms. The highest BCUT2D eigenvalue weighted by Gasteiger charge is 2.51. The largest absolute Gasteiger partial charge is 0.462 e. The molecular formula is C14H21F2N2O2S2+. The molecule has 0 aromatic carbocycles. The van der Waals surface area contributed by atoms with Crippen molar-refractivity contribution >= 4 is 35.2 Å². The maximum atomic E-state index is 13.7. The topological polar surface area (TPSA) is 66.8 Å². The number of carbonyl (C=O) groups is 1. The van der Waals surface area contributed by atoms with Crippen LogP contribution in [-0.2, 0) is 9.53 Å². The molecule has 1 aliphatic heterocycles. The van der Waals surface area contributed by atoms with Crippen LogP contribution in [0.2, 0.25) is 0 Å². The summed E-state index contributed by atoms with van der Waals surface area (Å²) in [5.74, 6) is -1.72. The highest BCUT2D eigenvalue weighted by molar-refractivity contribution is 8.21. The summed E-state index contributed by atoms with van der Waals surface area (Å²) in [7, 11) is 0. The molecule has 2 rings (SSSR count). The molecule has 124 valence electrons. The lowest BCUT2D eigenvalue weighted by Gasteiger charge is -2.27. The number of nitrogens with one attached hydrogen (secondary N) is 1. The second-order valence-electron chi connectivity index (χ2n) is 5.33. The molecule has 0 bridgehead atoms. The SMILES string of the molecule is CCOC(=O)C[NH2+]C1=C(C(=N)C(C)(F)F)C2(CC1)SCCS2. The second-order valence-corrected chi connectivity index (χ2v) is 8.37. The number of esters is 1. The van der Waals surface area contributed by atoms with Gasteiger partial charge in [-0.3, -0.25) is 5.41 Å². The lowest BCUT2D eigenvalue weighted by molar-refractivity contribution is -0.598. The van der Waals surface area contributed by atoms with Crippen LogP contribution in [0.3, 0.4) is 0 Å². The van der Waals surface area contributed by atoms with Crippen LogP contribution in [0.15, 0.2) is 11.3 Å². The van der Waals surface area contributed by atoms with E-state index in [1.54, 1.807) is 35.8 Å². The summed E-state index contributed by atoms with van der Waals surface area (Å²) >= 11 is 3.30. The van der Waals surface area contributed by atoms with Gasteiger partial charge in [0, 0.05) is 24.9 Å². The van der Waals surface area contributed by atoms with Crippen molar-refractivity contribution in [2.24, 2.45) is 0 Å². The minimum Gasteiger partial charge on any atom is -0.462 e. The van der Waals surface area contributed by atoms with Gasteiger partial charge in [0.15, 0.2) is 6.54 Å². The lowest BCUT2D eigenvalue weighted by Crippen LogP contribution is -2.84. The van der Waals surface area contributed by atoms with Crippen molar-refractivity contribution in [3.63, 3.8) is 0 Å². The van der Waals surface area contributed by atoms with Gasteiger partial charge in [-0.25, -0.2) is 4.79 Å². The Morgan fingerprint density at radius 2 is 2.09 bits per heavy atom. The summed E-state index contributed by atoms with van der Waals surface area (Å²) in [6, 6.07) is 0. The van der Waals surface area contributed by atoms with Crippen molar-refractivity contribution < 1.29 is 23.6 Å². The van der Waals surface area contributed by atoms with E-state index < -0.39 is 15.7 Å². The summed E-state index contributed by atoms with van der Waals surface area (Å²) in [4.78, 5) is 11.5. The van der Waals surface area contributed by atoms with E-state index in [4.69, 9.17) is 10.1 Å². The molecule has 0 radical (unpaired) electrons. The van der Waals surface area contributed by atoms with Gasteiger partial charge in [-0.05, 0) is 13.3 Å². The van der Waals surface area contributed by atoms with E-state index in [9.17, 15) is 13.6 Å². The quantitative estimate of drug-likeness (QED) is 0.567. The Bertz CT molecular complexity index is 498. The minimum atomic E-state index is -3.17. The van der Waals surface area contributed by atoms with Crippen molar-refractivity contribution in [3.8, 4) is 0 Å². The van der Waals surface area contributed by atoms with Crippen molar-refractivity contribution in [3.05, 3.63) is 11.3 Å². The molecule has 8 heteroatoms. The maximum absolute atomic E-state index is 13.7. The molecule has 0 aromatic heterocycles. The van der Waals surface area contributed by atoms with Crippen LogP contribution in [0.4, 0.5) is 8.78 Å². The smallest absolute Gasteiger partial charge is 0.362 e. The Morgan fingerprint density at radius 3 is 2.64 bits per heavy atom. The molecule has 1 heterocycles. The lowest BCUT2D eigenvalue weighted by atomic mass is 10.0. The molecule has 4 nitrogen and oxygen atoms in total. The van der Waals surface area contributed by atoms with Gasteiger partial charge in [0.2, 0.25) is 0 Å². The zero-order valence-corrected chi connectivity index (χ0v) is 14.3. The first kappa shape index (κ1) is 17.7. The van der Waals surface area contributed by atoms with Crippen molar-refractivity contribution in [1.82, 2.24) is 0 Å². The third-order valence-electron chi connectivity index (χ3n) is 3.69. The van der Waals surface area contributed by atoms with Crippen LogP contribution >= 0.6 is 23.5 Å². The molecule has 0 saturated carbocycles. The summed E-state index contributed by atoms with van der Waals surface area (Å²) in [5.41, 5.74) is 0.528. The highest BCUT2D eigenvalue weighted by atomic mass is 32.2. The molecule has 0 unspecified atom stereocenters. The number of hydrogen-bond donors (Lipinski definition) is 2. The van der Waals surface area contributed by atoms with Gasteiger partial charge < -0.3 is 10.1 Å². The molecule has 1 fully saturated rings. The van der Waals surface area contributed by atoms with E-state index >= 15 is 0 Å². The predicted octanol–water partition coefficient (Wildman–Crippen LogP) is 2.01. The molecule has 3 N–H and O–H groups in total. The van der Waals surface area contributed by atoms with E-state index in [0.29, 0.717) is 24.3 Å². The fraction of sp³-hybridized carbons (Fsp3) is 0.714. The van der Waals surface area contributed by atoms with Crippen LogP contribution in [0.25, 0.3) is 0 Å². The molecule has 0 amide bonds. The number of nitrogens with two attached hydrogens (primary N) is 1. The van der Waals surface area contributed by atoms with Crippen LogP contribution in [0.5, 0.6) is 0 Å². The van der Waals surface area contributed by atoms with Crippen molar-refractivity contribution in [2.75, 3.05) is 24.7 Å². The Balaban J connectivity index is 2.24. The summed E-state index contributed by atoms with van der Waals surface area (Å²) < 4.78 is 31.9. The standard InChI is InChI=1S/C14H20F2N2O2S2/c1-3-20-10(19)8-18-9-4-5-14(21-6-7-22-14)11(9)12(17)13(2,15)16/h17-18H,3-8H2,1-2H3/p+1. The second kappa shape index (κ2) is 6.88. The summed E-state index contributed by atoms with van der Waals surface area (Å²) in [5, 5.41) is 9.62. The van der Waals surface area contributed by atoms with E-state index in [2.05, 4.69) is 0 Å². The van der Waals surface area contributed by atoms with E-state index in [1.165, 1.54) is 0 Å². The molecule has 0 aromatic rings. The van der Waals surface area contributed by atoms with E-state index in [-0.39, 0.29) is 12.5 Å². The average Bonchev–Trinajstić information content (AvgIpc) is 3.03. The van der Waals surface area contributed by atoms with Crippen LogP contribution < -0.4 is 5.32 Å². The zero-order chi connectivity index (χ0) is 16.4. The number of allylic oxidation sites excluding steroid dienone is 1. The number of thioether (sulfide) groups is 2. The van der Waals surface area contributed by atoms with Gasteiger partial charge in [-0.15, -0.1) is 23.5 Å². The fourth-order valence-corrected chi connectivity index (χ4v) is 6.15. The van der Waals surface area contributed by atoms with Crippen molar-refractivity contribution in [1.29, 1.82) is 5.41 Å². The first-order chi connectivity index (χ1) is 10.3. The van der Waals surface area contributed by atoms with E-state index in [1.807, 2.05) is 0 Å². The van der Waals surface area contributed by atoms with Gasteiger partial charge in [0.25, 0.3) is 5.92 Å². The highest BCUT2D eigenvalue weighted by Crippen LogP contribution is 2.57. The summed E-state index contributed by atoms with van der Waals surface area (Å²) in [6.45, 7) is 2.87. The Morgan fingerprint density at radius 1 is 1.45 bits per heavy atom. The third-order valence-corrected chi connectivity index (χ3v) is 7.22. The Labute approximate surface area is 137 Å². The van der Waals surface area contributed by atoms with Crippen molar-refractivity contribution in [2.45, 2.75) is 36.7 Å². The number of quaternary nitrogens is 1. The Hall–Kier alpha value is -0.600. The minimum absolute atomic E-state index is 0.0701. The zero-order valence-electron chi connectivity index (χ0n) is 12.7. The van der Waals surface area contributed by atoms with Gasteiger partial charge in [-0.1, -0.05) is 0 Å². The number of carbonyl (C=O) groups excluding carboxylic acids is 1. The van der Waals surface area contributed by atoms with Gasteiger partial charge in [0.05, 0.1) is 16.3 Å². The number of rotatable bonds is 6. The van der Waals surface area contributed by atoms with Crippen LogP contribution in [0.1, 0.15) is 26.7 Å². The number of ether oxygens (including phenoxy) is 1. The summed E-state index contributed by atoms with van der Waals surface area (Å²) in [6.07, 6.45) is 1.37.